The van der Waals surface area contributed by atoms with E-state index in [1.165, 1.54) is 0 Å². The Morgan fingerprint density at radius 3 is 2.48 bits per heavy atom. The van der Waals surface area contributed by atoms with Crippen molar-refractivity contribution < 1.29 is 19.0 Å². The lowest BCUT2D eigenvalue weighted by Crippen LogP contribution is -2.13. The van der Waals surface area contributed by atoms with Crippen molar-refractivity contribution in [2.75, 3.05) is 26.1 Å². The van der Waals surface area contributed by atoms with Gasteiger partial charge in [-0.25, -0.2) is 0 Å². The highest BCUT2D eigenvalue weighted by atomic mass is 16.5. The van der Waals surface area contributed by atoms with Crippen LogP contribution in [-0.4, -0.2) is 26.7 Å². The minimum atomic E-state index is -0.0534. The molecule has 0 aliphatic carbocycles. The van der Waals surface area contributed by atoms with E-state index in [0.29, 0.717) is 42.4 Å². The predicted octanol–water partition coefficient (Wildman–Crippen LogP) is 4.06. The van der Waals surface area contributed by atoms with Gasteiger partial charge in [0.05, 0.1) is 26.5 Å². The zero-order valence-corrected chi connectivity index (χ0v) is 15.0. The SMILES string of the molecule is CCCOc1ccccc1NC(=O)CCc1ccc(OC)c(OC)c1. The molecule has 134 valence electrons. The summed E-state index contributed by atoms with van der Waals surface area (Å²) in [7, 11) is 3.20. The number of ether oxygens (including phenoxy) is 3. The maximum atomic E-state index is 12.3. The third-order valence-corrected chi connectivity index (χ3v) is 3.71. The maximum Gasteiger partial charge on any atom is 0.224 e. The van der Waals surface area contributed by atoms with Crippen LogP contribution in [0.1, 0.15) is 25.3 Å². The first-order chi connectivity index (χ1) is 12.2. The summed E-state index contributed by atoms with van der Waals surface area (Å²) in [5, 5.41) is 2.92. The second-order valence-electron chi connectivity index (χ2n) is 5.58. The van der Waals surface area contributed by atoms with Gasteiger partial charge in [-0.2, -0.15) is 0 Å². The number of rotatable bonds is 9. The topological polar surface area (TPSA) is 56.8 Å². The molecule has 0 aliphatic heterocycles. The fourth-order valence-electron chi connectivity index (χ4n) is 2.41. The van der Waals surface area contributed by atoms with Crippen LogP contribution in [0.5, 0.6) is 17.2 Å². The summed E-state index contributed by atoms with van der Waals surface area (Å²) < 4.78 is 16.2. The molecule has 2 aromatic carbocycles. The van der Waals surface area contributed by atoms with Gasteiger partial charge in [-0.3, -0.25) is 4.79 Å². The smallest absolute Gasteiger partial charge is 0.224 e. The summed E-state index contributed by atoms with van der Waals surface area (Å²) in [6.45, 7) is 2.67. The molecule has 0 heterocycles. The van der Waals surface area contributed by atoms with Gasteiger partial charge < -0.3 is 19.5 Å². The lowest BCUT2D eigenvalue weighted by Gasteiger charge is -2.12. The Morgan fingerprint density at radius 2 is 1.76 bits per heavy atom. The Hall–Kier alpha value is -2.69. The van der Waals surface area contributed by atoms with E-state index in [4.69, 9.17) is 14.2 Å². The Bertz CT molecular complexity index is 700. The van der Waals surface area contributed by atoms with E-state index in [9.17, 15) is 4.79 Å². The fraction of sp³-hybridized carbons (Fsp3) is 0.350. The number of amides is 1. The van der Waals surface area contributed by atoms with Crippen molar-refractivity contribution in [1.82, 2.24) is 0 Å². The minimum absolute atomic E-state index is 0.0534. The number of aryl methyl sites for hydroxylation is 1. The number of anilines is 1. The molecule has 0 atom stereocenters. The molecule has 5 nitrogen and oxygen atoms in total. The lowest BCUT2D eigenvalue weighted by molar-refractivity contribution is -0.116. The van der Waals surface area contributed by atoms with Gasteiger partial charge in [0.2, 0.25) is 5.91 Å². The van der Waals surface area contributed by atoms with Crippen LogP contribution in [0.4, 0.5) is 5.69 Å². The van der Waals surface area contributed by atoms with E-state index in [0.717, 1.165) is 12.0 Å². The molecule has 1 N–H and O–H groups in total. The third kappa shape index (κ3) is 5.41. The molecule has 0 spiro atoms. The number of carbonyl (C=O) groups excluding carboxylic acids is 1. The molecule has 0 radical (unpaired) electrons. The molecule has 0 saturated heterocycles. The summed E-state index contributed by atoms with van der Waals surface area (Å²) in [5.41, 5.74) is 1.72. The van der Waals surface area contributed by atoms with Crippen LogP contribution in [-0.2, 0) is 11.2 Å². The van der Waals surface area contributed by atoms with Gasteiger partial charge in [0.25, 0.3) is 0 Å². The highest BCUT2D eigenvalue weighted by Gasteiger charge is 2.09. The number of nitrogens with one attached hydrogen (secondary N) is 1. The zero-order chi connectivity index (χ0) is 18.1. The molecule has 0 unspecified atom stereocenters. The van der Waals surface area contributed by atoms with Crippen LogP contribution >= 0.6 is 0 Å². The van der Waals surface area contributed by atoms with Gasteiger partial charge in [-0.05, 0) is 42.7 Å². The summed E-state index contributed by atoms with van der Waals surface area (Å²) in [6, 6.07) is 13.2. The highest BCUT2D eigenvalue weighted by Crippen LogP contribution is 2.28. The molecule has 0 bridgehead atoms. The van der Waals surface area contributed by atoms with Gasteiger partial charge >= 0.3 is 0 Å². The molecule has 2 rings (SSSR count). The standard InChI is InChI=1S/C20H25NO4/c1-4-13-25-17-8-6-5-7-16(17)21-20(22)12-10-15-9-11-18(23-2)19(14-15)24-3/h5-9,11,14H,4,10,12-13H2,1-3H3,(H,21,22). The van der Waals surface area contributed by atoms with Crippen LogP contribution in [0.3, 0.4) is 0 Å². The van der Waals surface area contributed by atoms with Gasteiger partial charge in [0.15, 0.2) is 11.5 Å². The van der Waals surface area contributed by atoms with Gasteiger partial charge in [-0.1, -0.05) is 25.1 Å². The summed E-state index contributed by atoms with van der Waals surface area (Å²) in [4.78, 5) is 12.3. The quantitative estimate of drug-likeness (QED) is 0.746. The van der Waals surface area contributed by atoms with Gasteiger partial charge in [0, 0.05) is 6.42 Å². The maximum absolute atomic E-state index is 12.3. The first kappa shape index (κ1) is 18.6. The molecule has 0 aromatic heterocycles. The number of benzene rings is 2. The molecule has 0 fully saturated rings. The molecule has 0 saturated carbocycles. The van der Waals surface area contributed by atoms with Crippen molar-refractivity contribution in [2.45, 2.75) is 26.2 Å². The van der Waals surface area contributed by atoms with Crippen LogP contribution in [0.15, 0.2) is 42.5 Å². The van der Waals surface area contributed by atoms with Crippen LogP contribution in [0.2, 0.25) is 0 Å². The number of hydrogen-bond donors (Lipinski definition) is 1. The Balaban J connectivity index is 1.95. The normalized spacial score (nSPS) is 10.2. The molecular formula is C20H25NO4. The van der Waals surface area contributed by atoms with E-state index in [-0.39, 0.29) is 5.91 Å². The lowest BCUT2D eigenvalue weighted by atomic mass is 10.1. The van der Waals surface area contributed by atoms with E-state index in [1.54, 1.807) is 14.2 Å². The van der Waals surface area contributed by atoms with Crippen molar-refractivity contribution in [3.63, 3.8) is 0 Å². The van der Waals surface area contributed by atoms with Crippen LogP contribution in [0.25, 0.3) is 0 Å². The van der Waals surface area contributed by atoms with Crippen LogP contribution < -0.4 is 19.5 Å². The number of carbonyl (C=O) groups is 1. The average molecular weight is 343 g/mol. The largest absolute Gasteiger partial charge is 0.493 e. The Morgan fingerprint density at radius 1 is 1.00 bits per heavy atom. The predicted molar refractivity (Wildman–Crippen MR) is 98.7 cm³/mol. The Kier molecular flexibility index (Phi) is 7.14. The molecule has 0 aliphatic rings. The van der Waals surface area contributed by atoms with Crippen molar-refractivity contribution in [3.8, 4) is 17.2 Å². The highest BCUT2D eigenvalue weighted by molar-refractivity contribution is 5.92. The Labute approximate surface area is 148 Å². The summed E-state index contributed by atoms with van der Waals surface area (Å²) in [6.07, 6.45) is 1.91. The number of para-hydroxylation sites is 2. The third-order valence-electron chi connectivity index (χ3n) is 3.71. The van der Waals surface area contributed by atoms with Gasteiger partial charge in [-0.15, -0.1) is 0 Å². The number of hydrogen-bond acceptors (Lipinski definition) is 4. The molecule has 5 heteroatoms. The first-order valence-electron chi connectivity index (χ1n) is 8.40. The van der Waals surface area contributed by atoms with E-state index in [2.05, 4.69) is 5.32 Å². The van der Waals surface area contributed by atoms with Crippen LogP contribution in [0, 0.1) is 0 Å². The van der Waals surface area contributed by atoms with Crippen molar-refractivity contribution in [1.29, 1.82) is 0 Å². The molecule has 25 heavy (non-hydrogen) atoms. The van der Waals surface area contributed by atoms with Crippen molar-refractivity contribution >= 4 is 11.6 Å². The summed E-state index contributed by atoms with van der Waals surface area (Å²) in [5.74, 6) is 1.99. The molecule has 2 aromatic rings. The van der Waals surface area contributed by atoms with E-state index in [1.807, 2.05) is 49.4 Å². The molecule has 1 amide bonds. The minimum Gasteiger partial charge on any atom is -0.493 e. The monoisotopic (exact) mass is 343 g/mol. The zero-order valence-electron chi connectivity index (χ0n) is 15.0. The first-order valence-corrected chi connectivity index (χ1v) is 8.40. The van der Waals surface area contributed by atoms with Crippen molar-refractivity contribution in [2.24, 2.45) is 0 Å². The average Bonchev–Trinajstić information content (AvgIpc) is 2.65. The van der Waals surface area contributed by atoms with Crippen molar-refractivity contribution in [3.05, 3.63) is 48.0 Å². The molecular weight excluding hydrogens is 318 g/mol. The van der Waals surface area contributed by atoms with E-state index < -0.39 is 0 Å². The summed E-state index contributed by atoms with van der Waals surface area (Å²) >= 11 is 0. The van der Waals surface area contributed by atoms with E-state index >= 15 is 0 Å². The number of methoxy groups -OCH3 is 2. The second-order valence-corrected chi connectivity index (χ2v) is 5.58. The second kappa shape index (κ2) is 9.57. The van der Waals surface area contributed by atoms with Gasteiger partial charge in [0.1, 0.15) is 5.75 Å². The fourth-order valence-corrected chi connectivity index (χ4v) is 2.41.